The maximum Gasteiger partial charge on any atom is 0.0104 e. The molecule has 0 aromatic heterocycles. The average molecular weight is 371 g/mol. The van der Waals surface area contributed by atoms with Gasteiger partial charge in [-0.05, 0) is 43.2 Å². The maximum atomic E-state index is 2.44. The fourth-order valence-corrected chi connectivity index (χ4v) is 10.6. The first-order valence-electron chi connectivity index (χ1n) is 9.92. The Labute approximate surface area is 163 Å². The largest absolute Gasteiger partial charge is 0.181 e. The summed E-state index contributed by atoms with van der Waals surface area (Å²) in [6.45, 7) is 9.77. The van der Waals surface area contributed by atoms with Gasteiger partial charge < -0.3 is 0 Å². The van der Waals surface area contributed by atoms with Crippen molar-refractivity contribution >= 4 is 31.6 Å². The molecule has 0 amide bonds. The van der Waals surface area contributed by atoms with Crippen LogP contribution in [0.15, 0.2) is 82.6 Å². The third-order valence-electron chi connectivity index (χ3n) is 6.21. The first-order valence-corrected chi connectivity index (χ1v) is 11.7. The molecule has 136 valence electrons. The second kappa shape index (κ2) is 5.87. The van der Waals surface area contributed by atoms with E-state index in [-0.39, 0.29) is 0 Å². The van der Waals surface area contributed by atoms with E-state index >= 15 is 0 Å². The Morgan fingerprint density at radius 3 is 1.33 bits per heavy atom. The van der Waals surface area contributed by atoms with E-state index in [0.29, 0.717) is 10.5 Å². The third-order valence-corrected chi connectivity index (χ3v) is 11.4. The minimum atomic E-state index is -1.17. The van der Waals surface area contributed by atoms with Crippen LogP contribution >= 0.6 is 10.0 Å². The van der Waals surface area contributed by atoms with Crippen LogP contribution in [0.5, 0.6) is 0 Å². The van der Waals surface area contributed by atoms with Gasteiger partial charge in [-0.1, -0.05) is 100 Å². The summed E-state index contributed by atoms with van der Waals surface area (Å²) < 4.78 is 0. The molecule has 0 atom stereocenters. The number of benzene rings is 4. The molecule has 0 spiro atoms. The standard InChI is InChI=1S/C26H26S/c1-17(2)27(18(3)4)25-21-11-7-5-9-19(21)13-15-23(25)24-16-14-20-10-6-8-12-22(20)26(24)27/h5-18H,1-4H3. The van der Waals surface area contributed by atoms with E-state index < -0.39 is 10.0 Å². The predicted octanol–water partition coefficient (Wildman–Crippen LogP) is 8.01. The van der Waals surface area contributed by atoms with Crippen LogP contribution in [-0.4, -0.2) is 10.5 Å². The van der Waals surface area contributed by atoms with E-state index in [1.165, 1.54) is 32.7 Å². The molecular formula is C26H26S. The Hall–Kier alpha value is -2.25. The molecule has 0 nitrogen and oxygen atoms in total. The molecule has 0 unspecified atom stereocenters. The van der Waals surface area contributed by atoms with Crippen LogP contribution in [0.1, 0.15) is 27.7 Å². The van der Waals surface area contributed by atoms with Crippen molar-refractivity contribution in [3.8, 4) is 11.1 Å². The van der Waals surface area contributed by atoms with Crippen LogP contribution in [0.2, 0.25) is 0 Å². The fraction of sp³-hybridized carbons (Fsp3) is 0.231. The summed E-state index contributed by atoms with van der Waals surface area (Å²) in [5, 5.41) is 6.82. The van der Waals surface area contributed by atoms with Crippen molar-refractivity contribution in [2.45, 2.75) is 48.0 Å². The second-order valence-electron chi connectivity index (χ2n) is 8.13. The smallest absolute Gasteiger partial charge is 0.0104 e. The molecule has 0 N–H and O–H groups in total. The molecular weight excluding hydrogens is 344 g/mol. The second-order valence-corrected chi connectivity index (χ2v) is 12.3. The Balaban J connectivity index is 2.05. The molecule has 0 bridgehead atoms. The number of rotatable bonds is 2. The van der Waals surface area contributed by atoms with Crippen molar-refractivity contribution in [1.29, 1.82) is 0 Å². The molecule has 1 aliphatic heterocycles. The van der Waals surface area contributed by atoms with E-state index in [2.05, 4.69) is 100 Å². The molecule has 1 heteroatoms. The van der Waals surface area contributed by atoms with Gasteiger partial charge in [0.25, 0.3) is 0 Å². The van der Waals surface area contributed by atoms with Crippen LogP contribution < -0.4 is 0 Å². The van der Waals surface area contributed by atoms with Gasteiger partial charge in [-0.15, -0.1) is 0 Å². The van der Waals surface area contributed by atoms with E-state index in [0.717, 1.165) is 0 Å². The molecule has 0 radical (unpaired) electrons. The first kappa shape index (κ1) is 16.9. The molecule has 4 aromatic carbocycles. The number of hydrogen-bond acceptors (Lipinski definition) is 0. The lowest BCUT2D eigenvalue weighted by Crippen LogP contribution is -2.20. The van der Waals surface area contributed by atoms with Crippen molar-refractivity contribution in [3.05, 3.63) is 72.8 Å². The van der Waals surface area contributed by atoms with Gasteiger partial charge in [0.2, 0.25) is 0 Å². The van der Waals surface area contributed by atoms with Gasteiger partial charge in [-0.25, -0.2) is 0 Å². The lowest BCUT2D eigenvalue weighted by atomic mass is 9.99. The van der Waals surface area contributed by atoms with Crippen molar-refractivity contribution in [2.24, 2.45) is 0 Å². The zero-order chi connectivity index (χ0) is 18.8. The number of fused-ring (bicyclic) bond motifs is 7. The van der Waals surface area contributed by atoms with E-state index in [4.69, 9.17) is 0 Å². The maximum absolute atomic E-state index is 2.44. The van der Waals surface area contributed by atoms with Gasteiger partial charge in [-0.2, -0.15) is 10.0 Å². The fourth-order valence-electron chi connectivity index (χ4n) is 5.23. The average Bonchev–Trinajstić information content (AvgIpc) is 3.00. The summed E-state index contributed by atoms with van der Waals surface area (Å²) in [7, 11) is -1.17. The zero-order valence-corrected chi connectivity index (χ0v) is 17.3. The summed E-state index contributed by atoms with van der Waals surface area (Å²) in [5.41, 5.74) is 2.93. The lowest BCUT2D eigenvalue weighted by Gasteiger charge is -2.47. The summed E-state index contributed by atoms with van der Waals surface area (Å²) in [5.74, 6) is 0. The highest BCUT2D eigenvalue weighted by Gasteiger charge is 2.45. The molecule has 0 saturated carbocycles. The van der Waals surface area contributed by atoms with Gasteiger partial charge in [0.05, 0.1) is 0 Å². The third kappa shape index (κ3) is 2.07. The summed E-state index contributed by atoms with van der Waals surface area (Å²) >= 11 is 0. The van der Waals surface area contributed by atoms with Gasteiger partial charge >= 0.3 is 0 Å². The van der Waals surface area contributed by atoms with Gasteiger partial charge in [0.15, 0.2) is 0 Å². The van der Waals surface area contributed by atoms with Gasteiger partial charge in [0.1, 0.15) is 0 Å². The van der Waals surface area contributed by atoms with Gasteiger partial charge in [-0.3, -0.25) is 0 Å². The van der Waals surface area contributed by atoms with Crippen LogP contribution in [-0.2, 0) is 0 Å². The first-order chi connectivity index (χ1) is 13.1. The Kier molecular flexibility index (Phi) is 3.67. The Morgan fingerprint density at radius 2 is 0.926 bits per heavy atom. The highest BCUT2D eigenvalue weighted by molar-refractivity contribution is 8.35. The SMILES string of the molecule is CC(C)S1(C(C)C)c2c(ccc3ccccc23)-c2ccc3ccccc3c21. The Morgan fingerprint density at radius 1 is 0.519 bits per heavy atom. The minimum Gasteiger partial charge on any atom is -0.181 e. The van der Waals surface area contributed by atoms with Crippen molar-refractivity contribution in [1.82, 2.24) is 0 Å². The normalized spacial score (nSPS) is 16.1. The molecule has 27 heavy (non-hydrogen) atoms. The van der Waals surface area contributed by atoms with Crippen LogP contribution in [0.4, 0.5) is 0 Å². The van der Waals surface area contributed by atoms with Crippen LogP contribution in [0, 0.1) is 0 Å². The van der Waals surface area contributed by atoms with E-state index in [1.807, 2.05) is 0 Å². The van der Waals surface area contributed by atoms with E-state index in [9.17, 15) is 0 Å². The molecule has 4 aromatic rings. The topological polar surface area (TPSA) is 0 Å². The van der Waals surface area contributed by atoms with Crippen molar-refractivity contribution in [3.63, 3.8) is 0 Å². The van der Waals surface area contributed by atoms with Gasteiger partial charge in [0, 0.05) is 9.79 Å². The van der Waals surface area contributed by atoms with E-state index in [1.54, 1.807) is 9.79 Å². The monoisotopic (exact) mass is 370 g/mol. The zero-order valence-electron chi connectivity index (χ0n) is 16.5. The Bertz CT molecular complexity index is 1090. The van der Waals surface area contributed by atoms with Crippen molar-refractivity contribution in [2.75, 3.05) is 0 Å². The molecule has 0 aliphatic carbocycles. The predicted molar refractivity (Wildman–Crippen MR) is 121 cm³/mol. The summed E-state index contributed by atoms with van der Waals surface area (Å²) in [4.78, 5) is 3.24. The van der Waals surface area contributed by atoms with Crippen LogP contribution in [0.3, 0.4) is 0 Å². The summed E-state index contributed by atoms with van der Waals surface area (Å²) in [6.07, 6.45) is 0. The molecule has 0 fully saturated rings. The summed E-state index contributed by atoms with van der Waals surface area (Å²) in [6, 6.07) is 27.3. The molecule has 0 saturated heterocycles. The molecule has 1 heterocycles. The molecule has 5 rings (SSSR count). The number of hydrogen-bond donors (Lipinski definition) is 0. The van der Waals surface area contributed by atoms with Crippen molar-refractivity contribution < 1.29 is 0 Å². The highest BCUT2D eigenvalue weighted by atomic mass is 32.3. The quantitative estimate of drug-likeness (QED) is 0.335. The lowest BCUT2D eigenvalue weighted by molar-refractivity contribution is 1.00. The molecule has 1 aliphatic rings. The van der Waals surface area contributed by atoms with Crippen LogP contribution in [0.25, 0.3) is 32.7 Å². The minimum absolute atomic E-state index is 0.592. The highest BCUT2D eigenvalue weighted by Crippen LogP contribution is 2.78.